The van der Waals surface area contributed by atoms with Gasteiger partial charge in [0.2, 0.25) is 0 Å². The minimum atomic E-state index is -0.463. The molecule has 0 unspecified atom stereocenters. The number of carbonyl (C=O) groups excluding carboxylic acids is 1. The quantitative estimate of drug-likeness (QED) is 0.201. The predicted molar refractivity (Wildman–Crippen MR) is 148 cm³/mol. The van der Waals surface area contributed by atoms with Gasteiger partial charge in [-0.3, -0.25) is 4.79 Å². The van der Waals surface area contributed by atoms with E-state index in [2.05, 4.69) is 15.6 Å². The number of ether oxygens (including phenoxy) is 2. The molecule has 5 aromatic rings. The normalized spacial score (nSPS) is 10.9. The van der Waals surface area contributed by atoms with E-state index in [-0.39, 0.29) is 41.7 Å². The molecule has 2 aromatic heterocycles. The second-order valence-electron chi connectivity index (χ2n) is 8.76. The van der Waals surface area contributed by atoms with Gasteiger partial charge in [-0.1, -0.05) is 82.6 Å². The van der Waals surface area contributed by atoms with E-state index in [0.717, 1.165) is 11.1 Å². The lowest BCUT2D eigenvalue weighted by Gasteiger charge is -2.15. The molecule has 0 aliphatic heterocycles. The maximum atomic E-state index is 12.9. The van der Waals surface area contributed by atoms with Crippen LogP contribution in [0.1, 0.15) is 34.2 Å². The maximum absolute atomic E-state index is 12.9. The molecule has 0 radical (unpaired) electrons. The average Bonchev–Trinajstić information content (AvgIpc) is 3.64. The third-order valence-electron chi connectivity index (χ3n) is 5.96. The Bertz CT molecular complexity index is 1580. The van der Waals surface area contributed by atoms with Gasteiger partial charge in [0.15, 0.2) is 17.2 Å². The Labute approximate surface area is 235 Å². The molecule has 5 rings (SSSR count). The molecule has 0 saturated heterocycles. The second-order valence-corrected chi connectivity index (χ2v) is 9.17. The van der Waals surface area contributed by atoms with Gasteiger partial charge in [-0.05, 0) is 24.1 Å². The molecule has 0 bridgehead atoms. The number of rotatable bonds is 11. The molecular formula is C30H26ClN3O6. The van der Waals surface area contributed by atoms with Crippen LogP contribution in [0.25, 0.3) is 22.6 Å². The topological polar surface area (TPSA) is 120 Å². The van der Waals surface area contributed by atoms with Crippen molar-refractivity contribution in [2.24, 2.45) is 0 Å². The SMILES string of the molecule is CCNC(=O)c1noc(-c2cc(Cl)c(OCc3ccccc3)cc2OCc2ccccc2)c1-c1cc(CO)no1. The summed E-state index contributed by atoms with van der Waals surface area (Å²) in [4.78, 5) is 12.9. The number of carbonyl (C=O) groups is 1. The van der Waals surface area contributed by atoms with Crippen molar-refractivity contribution in [3.05, 3.63) is 106 Å². The van der Waals surface area contributed by atoms with Crippen LogP contribution in [0.5, 0.6) is 11.5 Å². The summed E-state index contributed by atoms with van der Waals surface area (Å²) in [5.41, 5.74) is 2.87. The number of aromatic nitrogens is 2. The van der Waals surface area contributed by atoms with Crippen molar-refractivity contribution in [1.82, 2.24) is 15.6 Å². The van der Waals surface area contributed by atoms with Gasteiger partial charge in [-0.15, -0.1) is 0 Å². The molecule has 10 heteroatoms. The Kier molecular flexibility index (Phi) is 8.44. The monoisotopic (exact) mass is 559 g/mol. The molecule has 0 saturated carbocycles. The lowest BCUT2D eigenvalue weighted by Crippen LogP contribution is -2.23. The zero-order chi connectivity index (χ0) is 27.9. The van der Waals surface area contributed by atoms with E-state index in [9.17, 15) is 9.90 Å². The molecule has 0 aliphatic rings. The number of hydrogen-bond acceptors (Lipinski definition) is 8. The number of aliphatic hydroxyl groups is 1. The van der Waals surface area contributed by atoms with Crippen molar-refractivity contribution in [3.63, 3.8) is 0 Å². The van der Waals surface area contributed by atoms with Gasteiger partial charge >= 0.3 is 0 Å². The first-order chi connectivity index (χ1) is 19.6. The van der Waals surface area contributed by atoms with Gasteiger partial charge < -0.3 is 28.9 Å². The van der Waals surface area contributed by atoms with Gasteiger partial charge in [0.1, 0.15) is 36.0 Å². The van der Waals surface area contributed by atoms with Crippen LogP contribution in [-0.2, 0) is 19.8 Å². The standard InChI is InChI=1S/C30H26ClN3O6/c1-2-32-30(36)28-27(26-13-21(16-35)33-39-26)29(40-34-28)22-14-23(31)25(38-18-20-11-7-4-8-12-20)15-24(22)37-17-19-9-5-3-6-10-19/h3-15,35H,2,16-18H2,1H3,(H,32,36). The number of halogens is 1. The van der Waals surface area contributed by atoms with Gasteiger partial charge in [0, 0.05) is 18.7 Å². The molecule has 9 nitrogen and oxygen atoms in total. The molecule has 0 aliphatic carbocycles. The summed E-state index contributed by atoms with van der Waals surface area (Å²) in [5.74, 6) is 0.704. The summed E-state index contributed by atoms with van der Waals surface area (Å²) < 4.78 is 23.5. The molecule has 0 atom stereocenters. The third-order valence-corrected chi connectivity index (χ3v) is 6.26. The fourth-order valence-corrected chi connectivity index (χ4v) is 4.24. The molecular weight excluding hydrogens is 534 g/mol. The van der Waals surface area contributed by atoms with Crippen molar-refractivity contribution >= 4 is 17.5 Å². The number of hydrogen-bond donors (Lipinski definition) is 2. The van der Waals surface area contributed by atoms with Gasteiger partial charge in [0.05, 0.1) is 17.2 Å². The fourth-order valence-electron chi connectivity index (χ4n) is 4.02. The van der Waals surface area contributed by atoms with Crippen LogP contribution in [0, 0.1) is 0 Å². The zero-order valence-corrected chi connectivity index (χ0v) is 22.4. The van der Waals surface area contributed by atoms with E-state index in [1.165, 1.54) is 6.07 Å². The predicted octanol–water partition coefficient (Wildman–Crippen LogP) is 6.05. The summed E-state index contributed by atoms with van der Waals surface area (Å²) in [7, 11) is 0. The number of aliphatic hydroxyl groups excluding tert-OH is 1. The van der Waals surface area contributed by atoms with Crippen LogP contribution in [0.3, 0.4) is 0 Å². The average molecular weight is 560 g/mol. The van der Waals surface area contributed by atoms with Crippen molar-refractivity contribution in [1.29, 1.82) is 0 Å². The smallest absolute Gasteiger partial charge is 0.274 e. The largest absolute Gasteiger partial charge is 0.488 e. The van der Waals surface area contributed by atoms with Crippen LogP contribution < -0.4 is 14.8 Å². The first-order valence-corrected chi connectivity index (χ1v) is 13.0. The summed E-state index contributed by atoms with van der Waals surface area (Å²) in [6, 6.07) is 24.2. The van der Waals surface area contributed by atoms with E-state index in [1.54, 1.807) is 19.1 Å². The Morgan fingerprint density at radius 3 is 2.15 bits per heavy atom. The zero-order valence-electron chi connectivity index (χ0n) is 21.6. The Morgan fingerprint density at radius 2 is 1.55 bits per heavy atom. The highest BCUT2D eigenvalue weighted by molar-refractivity contribution is 6.32. The van der Waals surface area contributed by atoms with E-state index in [1.807, 2.05) is 60.7 Å². The van der Waals surface area contributed by atoms with Gasteiger partial charge in [0.25, 0.3) is 5.91 Å². The molecule has 40 heavy (non-hydrogen) atoms. The summed E-state index contributed by atoms with van der Waals surface area (Å²) in [5, 5.41) is 20.4. The van der Waals surface area contributed by atoms with Crippen LogP contribution in [-0.4, -0.2) is 27.9 Å². The summed E-state index contributed by atoms with van der Waals surface area (Å²) in [6.07, 6.45) is 0. The van der Waals surface area contributed by atoms with E-state index in [0.29, 0.717) is 35.2 Å². The fraction of sp³-hybridized carbons (Fsp3) is 0.167. The van der Waals surface area contributed by atoms with Crippen LogP contribution in [0.2, 0.25) is 5.02 Å². The van der Waals surface area contributed by atoms with Crippen LogP contribution >= 0.6 is 11.6 Å². The first kappa shape index (κ1) is 27.0. The van der Waals surface area contributed by atoms with E-state index >= 15 is 0 Å². The maximum Gasteiger partial charge on any atom is 0.274 e. The summed E-state index contributed by atoms with van der Waals surface area (Å²) in [6.45, 7) is 2.38. The van der Waals surface area contributed by atoms with Crippen molar-refractivity contribution in [2.45, 2.75) is 26.7 Å². The van der Waals surface area contributed by atoms with Gasteiger partial charge in [-0.25, -0.2) is 0 Å². The first-order valence-electron chi connectivity index (χ1n) is 12.6. The Hall–Kier alpha value is -4.60. The molecule has 1 amide bonds. The highest BCUT2D eigenvalue weighted by Gasteiger charge is 2.30. The third kappa shape index (κ3) is 6.01. The highest BCUT2D eigenvalue weighted by Crippen LogP contribution is 2.44. The van der Waals surface area contributed by atoms with Gasteiger partial charge in [-0.2, -0.15) is 0 Å². The Morgan fingerprint density at radius 1 is 0.900 bits per heavy atom. The van der Waals surface area contributed by atoms with E-state index in [4.69, 9.17) is 30.1 Å². The minimum Gasteiger partial charge on any atom is -0.488 e. The number of amides is 1. The molecule has 2 heterocycles. The Balaban J connectivity index is 1.59. The molecule has 0 spiro atoms. The lowest BCUT2D eigenvalue weighted by atomic mass is 10.0. The summed E-state index contributed by atoms with van der Waals surface area (Å²) >= 11 is 6.69. The number of benzene rings is 3. The highest BCUT2D eigenvalue weighted by atomic mass is 35.5. The van der Waals surface area contributed by atoms with Crippen LogP contribution in [0.4, 0.5) is 0 Å². The van der Waals surface area contributed by atoms with Crippen LogP contribution in [0.15, 0.2) is 87.9 Å². The molecule has 0 fully saturated rings. The number of nitrogens with one attached hydrogen (secondary N) is 1. The van der Waals surface area contributed by atoms with E-state index < -0.39 is 5.91 Å². The molecule has 3 aromatic carbocycles. The second kappa shape index (κ2) is 12.5. The van der Waals surface area contributed by atoms with Crippen molar-refractivity contribution in [2.75, 3.05) is 6.54 Å². The van der Waals surface area contributed by atoms with Crippen molar-refractivity contribution < 1.29 is 28.4 Å². The number of nitrogens with zero attached hydrogens (tertiary/aromatic N) is 2. The lowest BCUT2D eigenvalue weighted by molar-refractivity contribution is 0.0947. The molecule has 2 N–H and O–H groups in total. The molecule has 204 valence electrons. The van der Waals surface area contributed by atoms with Crippen molar-refractivity contribution in [3.8, 4) is 34.1 Å². The minimum absolute atomic E-state index is 0.00738.